The van der Waals surface area contributed by atoms with Gasteiger partial charge in [0.1, 0.15) is 5.82 Å². The highest BCUT2D eigenvalue weighted by molar-refractivity contribution is 6.28. The third-order valence-electron chi connectivity index (χ3n) is 3.05. The summed E-state index contributed by atoms with van der Waals surface area (Å²) in [5.41, 5.74) is 1.09. The zero-order chi connectivity index (χ0) is 13.8. The topological polar surface area (TPSA) is 64.0 Å². The van der Waals surface area contributed by atoms with Gasteiger partial charge in [0.2, 0.25) is 11.2 Å². The SMILES string of the molecule is Clc1nc(Cc2ccncc2)nc(N2CCOCC2)n1. The number of ether oxygens (including phenoxy) is 1. The molecule has 1 saturated heterocycles. The van der Waals surface area contributed by atoms with E-state index in [0.29, 0.717) is 31.4 Å². The lowest BCUT2D eigenvalue weighted by molar-refractivity contribution is 0.122. The molecular formula is C13H14ClN5O. The molecule has 0 bridgehead atoms. The van der Waals surface area contributed by atoms with Crippen LogP contribution in [0.4, 0.5) is 5.95 Å². The van der Waals surface area contributed by atoms with Gasteiger partial charge in [0.25, 0.3) is 0 Å². The highest BCUT2D eigenvalue weighted by Crippen LogP contribution is 2.14. The van der Waals surface area contributed by atoms with Crippen LogP contribution >= 0.6 is 11.6 Å². The van der Waals surface area contributed by atoms with E-state index in [9.17, 15) is 0 Å². The molecule has 0 aliphatic carbocycles. The Hall–Kier alpha value is -1.79. The predicted molar refractivity (Wildman–Crippen MR) is 74.9 cm³/mol. The molecule has 1 fully saturated rings. The van der Waals surface area contributed by atoms with E-state index in [-0.39, 0.29) is 5.28 Å². The fourth-order valence-electron chi connectivity index (χ4n) is 2.05. The molecule has 3 rings (SSSR count). The quantitative estimate of drug-likeness (QED) is 0.850. The van der Waals surface area contributed by atoms with Gasteiger partial charge in [-0.25, -0.2) is 4.98 Å². The Morgan fingerprint density at radius 2 is 1.85 bits per heavy atom. The molecule has 0 saturated carbocycles. The maximum atomic E-state index is 6.00. The molecule has 2 aromatic rings. The molecule has 7 heteroatoms. The number of anilines is 1. The summed E-state index contributed by atoms with van der Waals surface area (Å²) >= 11 is 6.00. The Kier molecular flexibility index (Phi) is 4.03. The van der Waals surface area contributed by atoms with Gasteiger partial charge < -0.3 is 9.64 Å². The van der Waals surface area contributed by atoms with Gasteiger partial charge in [-0.05, 0) is 29.3 Å². The van der Waals surface area contributed by atoms with Crippen LogP contribution in [0.25, 0.3) is 0 Å². The lowest BCUT2D eigenvalue weighted by atomic mass is 10.2. The molecule has 0 radical (unpaired) electrons. The second-order valence-electron chi connectivity index (χ2n) is 4.45. The molecule has 104 valence electrons. The normalized spacial score (nSPS) is 15.3. The lowest BCUT2D eigenvalue weighted by Gasteiger charge is -2.26. The molecule has 0 amide bonds. The molecule has 0 aromatic carbocycles. The molecule has 1 aliphatic rings. The van der Waals surface area contributed by atoms with Crippen LogP contribution in [0, 0.1) is 0 Å². The van der Waals surface area contributed by atoms with Crippen molar-refractivity contribution in [1.29, 1.82) is 0 Å². The Morgan fingerprint density at radius 1 is 1.10 bits per heavy atom. The van der Waals surface area contributed by atoms with Crippen LogP contribution in [0.2, 0.25) is 5.28 Å². The van der Waals surface area contributed by atoms with E-state index in [4.69, 9.17) is 16.3 Å². The summed E-state index contributed by atoms with van der Waals surface area (Å²) in [4.78, 5) is 18.9. The molecule has 2 aromatic heterocycles. The lowest BCUT2D eigenvalue weighted by Crippen LogP contribution is -2.37. The highest BCUT2D eigenvalue weighted by atomic mass is 35.5. The minimum atomic E-state index is 0.227. The number of morpholine rings is 1. The molecule has 1 aliphatic heterocycles. The van der Waals surface area contributed by atoms with Crippen LogP contribution < -0.4 is 4.90 Å². The van der Waals surface area contributed by atoms with Crippen molar-refractivity contribution in [1.82, 2.24) is 19.9 Å². The first kappa shape index (κ1) is 13.2. The van der Waals surface area contributed by atoms with Gasteiger partial charge in [-0.2, -0.15) is 9.97 Å². The van der Waals surface area contributed by atoms with Crippen LogP contribution in [0.15, 0.2) is 24.5 Å². The van der Waals surface area contributed by atoms with Crippen molar-refractivity contribution in [3.8, 4) is 0 Å². The van der Waals surface area contributed by atoms with E-state index < -0.39 is 0 Å². The molecule has 0 atom stereocenters. The molecule has 3 heterocycles. The van der Waals surface area contributed by atoms with Gasteiger partial charge in [0, 0.05) is 31.9 Å². The van der Waals surface area contributed by atoms with Crippen LogP contribution in [0.1, 0.15) is 11.4 Å². The maximum absolute atomic E-state index is 6.00. The largest absolute Gasteiger partial charge is 0.378 e. The van der Waals surface area contributed by atoms with Gasteiger partial charge >= 0.3 is 0 Å². The fraction of sp³-hybridized carbons (Fsp3) is 0.385. The van der Waals surface area contributed by atoms with Gasteiger partial charge in [-0.1, -0.05) is 0 Å². The van der Waals surface area contributed by atoms with E-state index in [0.717, 1.165) is 18.7 Å². The standard InChI is InChI=1S/C13H14ClN5O/c14-12-16-11(9-10-1-3-15-4-2-10)17-13(18-12)19-5-7-20-8-6-19/h1-4H,5-9H2. The molecule has 20 heavy (non-hydrogen) atoms. The summed E-state index contributed by atoms with van der Waals surface area (Å²) in [5.74, 6) is 1.29. The summed E-state index contributed by atoms with van der Waals surface area (Å²) in [6.07, 6.45) is 4.12. The van der Waals surface area contributed by atoms with Crippen molar-refractivity contribution in [3.05, 3.63) is 41.2 Å². The minimum absolute atomic E-state index is 0.227. The van der Waals surface area contributed by atoms with Crippen LogP contribution in [0.5, 0.6) is 0 Å². The first-order valence-electron chi connectivity index (χ1n) is 6.43. The first-order valence-corrected chi connectivity index (χ1v) is 6.81. The average molecular weight is 292 g/mol. The number of hydrogen-bond donors (Lipinski definition) is 0. The molecule has 0 N–H and O–H groups in total. The number of aromatic nitrogens is 4. The Bertz CT molecular complexity index is 574. The number of rotatable bonds is 3. The second kappa shape index (κ2) is 6.11. The number of nitrogens with zero attached hydrogens (tertiary/aromatic N) is 5. The minimum Gasteiger partial charge on any atom is -0.378 e. The zero-order valence-electron chi connectivity index (χ0n) is 10.9. The first-order chi connectivity index (χ1) is 9.81. The fourth-order valence-corrected chi connectivity index (χ4v) is 2.22. The number of pyridine rings is 1. The van der Waals surface area contributed by atoms with Gasteiger partial charge in [0.15, 0.2) is 0 Å². The van der Waals surface area contributed by atoms with Crippen molar-refractivity contribution in [2.24, 2.45) is 0 Å². The monoisotopic (exact) mass is 291 g/mol. The third-order valence-corrected chi connectivity index (χ3v) is 3.22. The second-order valence-corrected chi connectivity index (χ2v) is 4.79. The van der Waals surface area contributed by atoms with E-state index in [1.54, 1.807) is 12.4 Å². The van der Waals surface area contributed by atoms with E-state index in [2.05, 4.69) is 24.8 Å². The molecule has 6 nitrogen and oxygen atoms in total. The summed E-state index contributed by atoms with van der Waals surface area (Å²) in [6.45, 7) is 2.91. The van der Waals surface area contributed by atoms with Crippen LogP contribution in [-0.4, -0.2) is 46.2 Å². The van der Waals surface area contributed by atoms with E-state index in [1.165, 1.54) is 0 Å². The Morgan fingerprint density at radius 3 is 2.60 bits per heavy atom. The van der Waals surface area contributed by atoms with Gasteiger partial charge in [-0.15, -0.1) is 0 Å². The Labute approximate surface area is 121 Å². The number of halogens is 1. The van der Waals surface area contributed by atoms with Crippen molar-refractivity contribution in [2.45, 2.75) is 6.42 Å². The van der Waals surface area contributed by atoms with Gasteiger partial charge in [-0.3, -0.25) is 4.98 Å². The molecular weight excluding hydrogens is 278 g/mol. The highest BCUT2D eigenvalue weighted by Gasteiger charge is 2.16. The van der Waals surface area contributed by atoms with E-state index in [1.807, 2.05) is 12.1 Å². The number of hydrogen-bond acceptors (Lipinski definition) is 6. The van der Waals surface area contributed by atoms with Crippen molar-refractivity contribution in [2.75, 3.05) is 31.2 Å². The maximum Gasteiger partial charge on any atom is 0.230 e. The summed E-state index contributed by atoms with van der Waals surface area (Å²) in [7, 11) is 0. The van der Waals surface area contributed by atoms with Crippen LogP contribution in [0.3, 0.4) is 0 Å². The van der Waals surface area contributed by atoms with Gasteiger partial charge in [0.05, 0.1) is 13.2 Å². The summed E-state index contributed by atoms with van der Waals surface area (Å²) in [6, 6.07) is 3.87. The zero-order valence-corrected chi connectivity index (χ0v) is 11.6. The smallest absolute Gasteiger partial charge is 0.230 e. The summed E-state index contributed by atoms with van der Waals surface area (Å²) in [5, 5.41) is 0.227. The predicted octanol–water partition coefficient (Wildman–Crippen LogP) is 1.35. The summed E-state index contributed by atoms with van der Waals surface area (Å²) < 4.78 is 5.32. The average Bonchev–Trinajstić information content (AvgIpc) is 2.49. The Balaban J connectivity index is 1.82. The van der Waals surface area contributed by atoms with Crippen molar-refractivity contribution in [3.63, 3.8) is 0 Å². The molecule has 0 unspecified atom stereocenters. The van der Waals surface area contributed by atoms with Crippen molar-refractivity contribution >= 4 is 17.5 Å². The van der Waals surface area contributed by atoms with Crippen molar-refractivity contribution < 1.29 is 4.74 Å². The van der Waals surface area contributed by atoms with Crippen LogP contribution in [-0.2, 0) is 11.2 Å². The third kappa shape index (κ3) is 3.20. The van der Waals surface area contributed by atoms with E-state index >= 15 is 0 Å². The molecule has 0 spiro atoms.